The predicted octanol–water partition coefficient (Wildman–Crippen LogP) is 1.36. The molecule has 1 N–H and O–H groups in total. The minimum absolute atomic E-state index is 0.132. The lowest BCUT2D eigenvalue weighted by Gasteiger charge is -2.26. The molecule has 0 bridgehead atoms. The van der Waals surface area contributed by atoms with Crippen LogP contribution in [0.2, 0.25) is 0 Å². The summed E-state index contributed by atoms with van der Waals surface area (Å²) >= 11 is 0. The Labute approximate surface area is 99.4 Å². The molecular formula is C12H14N2O3. The van der Waals surface area contributed by atoms with Crippen LogP contribution < -0.4 is 5.32 Å². The maximum atomic E-state index is 11.8. The number of ether oxygens (including phenoxy) is 1. The van der Waals surface area contributed by atoms with Crippen molar-refractivity contribution < 1.29 is 14.3 Å². The molecule has 0 aliphatic carbocycles. The Morgan fingerprint density at radius 1 is 1.24 bits per heavy atom. The summed E-state index contributed by atoms with van der Waals surface area (Å²) in [5, 5.41) is 2.78. The summed E-state index contributed by atoms with van der Waals surface area (Å²) in [6.45, 7) is 2.38. The molecule has 5 nitrogen and oxygen atoms in total. The van der Waals surface area contributed by atoms with E-state index in [9.17, 15) is 9.59 Å². The Balaban J connectivity index is 1.94. The van der Waals surface area contributed by atoms with Gasteiger partial charge in [-0.2, -0.15) is 0 Å². The molecule has 2 amide bonds. The lowest BCUT2D eigenvalue weighted by Crippen LogP contribution is -2.43. The number of carbonyl (C=O) groups excluding carboxylic acids is 2. The first kappa shape index (κ1) is 11.6. The minimum atomic E-state index is -0.132. The van der Waals surface area contributed by atoms with Gasteiger partial charge in [0.2, 0.25) is 0 Å². The van der Waals surface area contributed by atoms with E-state index >= 15 is 0 Å². The van der Waals surface area contributed by atoms with E-state index < -0.39 is 0 Å². The van der Waals surface area contributed by atoms with Crippen molar-refractivity contribution in [3.8, 4) is 0 Å². The van der Waals surface area contributed by atoms with E-state index in [-0.39, 0.29) is 6.03 Å². The Bertz CT molecular complexity index is 397. The summed E-state index contributed by atoms with van der Waals surface area (Å²) in [5.41, 5.74) is 1.28. The van der Waals surface area contributed by atoms with Crippen molar-refractivity contribution in [3.63, 3.8) is 0 Å². The van der Waals surface area contributed by atoms with Crippen LogP contribution >= 0.6 is 0 Å². The number of hydrogen-bond donors (Lipinski definition) is 1. The van der Waals surface area contributed by atoms with Crippen LogP contribution in [0.4, 0.5) is 10.5 Å². The van der Waals surface area contributed by atoms with Gasteiger partial charge in [-0.25, -0.2) is 4.79 Å². The summed E-state index contributed by atoms with van der Waals surface area (Å²) in [6, 6.07) is 6.63. The molecule has 0 saturated carbocycles. The first-order valence-electron chi connectivity index (χ1n) is 5.48. The molecule has 0 spiro atoms. The molecule has 17 heavy (non-hydrogen) atoms. The fourth-order valence-corrected chi connectivity index (χ4v) is 1.61. The molecule has 1 aliphatic heterocycles. The van der Waals surface area contributed by atoms with Crippen molar-refractivity contribution in [2.45, 2.75) is 0 Å². The summed E-state index contributed by atoms with van der Waals surface area (Å²) < 4.78 is 5.17. The van der Waals surface area contributed by atoms with Gasteiger partial charge in [0, 0.05) is 24.3 Å². The predicted molar refractivity (Wildman–Crippen MR) is 63.2 cm³/mol. The van der Waals surface area contributed by atoms with Gasteiger partial charge in [-0.15, -0.1) is 0 Å². The van der Waals surface area contributed by atoms with Crippen LogP contribution in [0.15, 0.2) is 24.3 Å². The number of aldehydes is 1. The monoisotopic (exact) mass is 234 g/mol. The number of carbonyl (C=O) groups is 2. The lowest BCUT2D eigenvalue weighted by molar-refractivity contribution is 0.0564. The average molecular weight is 234 g/mol. The highest BCUT2D eigenvalue weighted by Crippen LogP contribution is 2.09. The van der Waals surface area contributed by atoms with Gasteiger partial charge in [-0.05, 0) is 24.3 Å². The van der Waals surface area contributed by atoms with Crippen molar-refractivity contribution in [2.24, 2.45) is 0 Å². The zero-order valence-corrected chi connectivity index (χ0v) is 9.39. The number of benzene rings is 1. The van der Waals surface area contributed by atoms with Crippen molar-refractivity contribution in [1.82, 2.24) is 4.90 Å². The number of urea groups is 1. The number of hydrogen-bond acceptors (Lipinski definition) is 3. The normalized spacial score (nSPS) is 15.4. The number of nitrogens with one attached hydrogen (secondary N) is 1. The Morgan fingerprint density at radius 2 is 1.88 bits per heavy atom. The molecule has 90 valence electrons. The van der Waals surface area contributed by atoms with Gasteiger partial charge in [-0.1, -0.05) is 0 Å². The molecule has 1 aliphatic rings. The van der Waals surface area contributed by atoms with Crippen LogP contribution in [0.1, 0.15) is 10.4 Å². The molecule has 0 radical (unpaired) electrons. The van der Waals surface area contributed by atoms with Gasteiger partial charge < -0.3 is 15.0 Å². The van der Waals surface area contributed by atoms with Gasteiger partial charge in [0.15, 0.2) is 0 Å². The summed E-state index contributed by atoms with van der Waals surface area (Å²) in [6.07, 6.45) is 0.771. The highest BCUT2D eigenvalue weighted by Gasteiger charge is 2.16. The van der Waals surface area contributed by atoms with E-state index in [1.165, 1.54) is 0 Å². The molecule has 1 heterocycles. The molecule has 5 heteroatoms. The molecule has 0 unspecified atom stereocenters. The molecule has 0 aromatic heterocycles. The van der Waals surface area contributed by atoms with Crippen molar-refractivity contribution in [1.29, 1.82) is 0 Å². The fourth-order valence-electron chi connectivity index (χ4n) is 1.61. The standard InChI is InChI=1S/C12H14N2O3/c15-9-10-1-3-11(4-2-10)13-12(16)14-5-7-17-8-6-14/h1-4,9H,5-8H2,(H,13,16). The molecular weight excluding hydrogens is 220 g/mol. The van der Waals surface area contributed by atoms with Crippen LogP contribution in [0.3, 0.4) is 0 Å². The van der Waals surface area contributed by atoms with E-state index in [0.29, 0.717) is 37.6 Å². The van der Waals surface area contributed by atoms with Crippen LogP contribution in [0, 0.1) is 0 Å². The molecule has 0 atom stereocenters. The molecule has 2 rings (SSSR count). The molecule has 1 fully saturated rings. The lowest BCUT2D eigenvalue weighted by atomic mass is 10.2. The fraction of sp³-hybridized carbons (Fsp3) is 0.333. The van der Waals surface area contributed by atoms with Crippen molar-refractivity contribution in [2.75, 3.05) is 31.6 Å². The Hall–Kier alpha value is -1.88. The first-order chi connectivity index (χ1) is 8.29. The second-order valence-corrected chi connectivity index (χ2v) is 3.77. The van der Waals surface area contributed by atoms with Crippen molar-refractivity contribution >= 4 is 18.0 Å². The maximum absolute atomic E-state index is 11.8. The van der Waals surface area contributed by atoms with Gasteiger partial charge in [0.05, 0.1) is 13.2 Å². The quantitative estimate of drug-likeness (QED) is 0.786. The van der Waals surface area contributed by atoms with Crippen molar-refractivity contribution in [3.05, 3.63) is 29.8 Å². The van der Waals surface area contributed by atoms with E-state index in [2.05, 4.69) is 5.32 Å². The van der Waals surface area contributed by atoms with Crippen LogP contribution in [-0.4, -0.2) is 43.5 Å². The van der Waals surface area contributed by atoms with Crippen LogP contribution in [-0.2, 0) is 4.74 Å². The summed E-state index contributed by atoms with van der Waals surface area (Å²) in [4.78, 5) is 24.0. The Morgan fingerprint density at radius 3 is 2.47 bits per heavy atom. The second-order valence-electron chi connectivity index (χ2n) is 3.77. The zero-order chi connectivity index (χ0) is 12.1. The van der Waals surface area contributed by atoms with Crippen LogP contribution in [0.25, 0.3) is 0 Å². The summed E-state index contributed by atoms with van der Waals surface area (Å²) in [5.74, 6) is 0. The summed E-state index contributed by atoms with van der Waals surface area (Å²) in [7, 11) is 0. The second kappa shape index (κ2) is 5.45. The highest BCUT2D eigenvalue weighted by atomic mass is 16.5. The van der Waals surface area contributed by atoms with E-state index in [1.807, 2.05) is 0 Å². The number of amides is 2. The van der Waals surface area contributed by atoms with E-state index in [1.54, 1.807) is 29.2 Å². The smallest absolute Gasteiger partial charge is 0.321 e. The molecule has 1 aromatic carbocycles. The maximum Gasteiger partial charge on any atom is 0.321 e. The van der Waals surface area contributed by atoms with Gasteiger partial charge in [0.1, 0.15) is 6.29 Å². The molecule has 1 aromatic rings. The largest absolute Gasteiger partial charge is 0.378 e. The average Bonchev–Trinajstić information content (AvgIpc) is 2.40. The SMILES string of the molecule is O=Cc1ccc(NC(=O)N2CCOCC2)cc1. The van der Waals surface area contributed by atoms with E-state index in [0.717, 1.165) is 6.29 Å². The van der Waals surface area contributed by atoms with E-state index in [4.69, 9.17) is 4.74 Å². The number of morpholine rings is 1. The zero-order valence-electron chi connectivity index (χ0n) is 9.39. The first-order valence-corrected chi connectivity index (χ1v) is 5.48. The number of rotatable bonds is 2. The van der Waals surface area contributed by atoms with Gasteiger partial charge >= 0.3 is 6.03 Å². The van der Waals surface area contributed by atoms with Crippen LogP contribution in [0.5, 0.6) is 0 Å². The molecule has 1 saturated heterocycles. The third-order valence-electron chi connectivity index (χ3n) is 2.60. The highest BCUT2D eigenvalue weighted by molar-refractivity contribution is 5.89. The number of anilines is 1. The third-order valence-corrected chi connectivity index (χ3v) is 2.60. The van der Waals surface area contributed by atoms with Gasteiger partial charge in [0.25, 0.3) is 0 Å². The topological polar surface area (TPSA) is 58.6 Å². The van der Waals surface area contributed by atoms with Gasteiger partial charge in [-0.3, -0.25) is 4.79 Å². The number of nitrogens with zero attached hydrogens (tertiary/aromatic N) is 1. The third kappa shape index (κ3) is 3.04. The Kier molecular flexibility index (Phi) is 3.72. The minimum Gasteiger partial charge on any atom is -0.378 e.